The summed E-state index contributed by atoms with van der Waals surface area (Å²) in [7, 11) is 0. The smallest absolute Gasteiger partial charge is 0.258 e. The van der Waals surface area contributed by atoms with Crippen LogP contribution in [-0.2, 0) is 9.59 Å². The minimum Gasteiger partial charge on any atom is -0.272 e. The van der Waals surface area contributed by atoms with E-state index >= 15 is 0 Å². The number of halogens is 2. The zero-order valence-corrected chi connectivity index (χ0v) is 11.9. The van der Waals surface area contributed by atoms with Gasteiger partial charge in [-0.05, 0) is 19.1 Å². The average Bonchev–Trinajstić information content (AvgIpc) is 2.82. The molecule has 1 aromatic rings. The maximum Gasteiger partial charge on any atom is 0.258 e. The van der Waals surface area contributed by atoms with Crippen molar-refractivity contribution in [2.24, 2.45) is 16.1 Å². The molecular formula is C12H10Cl2N4O2. The van der Waals surface area contributed by atoms with Crippen molar-refractivity contribution < 1.29 is 9.59 Å². The number of hydrazone groups is 2. The summed E-state index contributed by atoms with van der Waals surface area (Å²) in [6.07, 6.45) is 1.22. The lowest BCUT2D eigenvalue weighted by atomic mass is 10.1. The zero-order chi connectivity index (χ0) is 14.7. The van der Waals surface area contributed by atoms with Gasteiger partial charge in [-0.1, -0.05) is 29.3 Å². The highest BCUT2D eigenvalue weighted by Gasteiger charge is 2.28. The summed E-state index contributed by atoms with van der Waals surface area (Å²) in [5.74, 6) is -2.01. The molecule has 0 fully saturated rings. The molecule has 0 saturated heterocycles. The Kier molecular flexibility index (Phi) is 4.36. The number of benzene rings is 1. The van der Waals surface area contributed by atoms with E-state index in [2.05, 4.69) is 21.1 Å². The molecule has 104 valence electrons. The van der Waals surface area contributed by atoms with Crippen LogP contribution in [0.2, 0.25) is 10.0 Å². The van der Waals surface area contributed by atoms with E-state index in [0.717, 1.165) is 0 Å². The first kappa shape index (κ1) is 14.5. The normalized spacial score (nSPS) is 18.1. The van der Waals surface area contributed by atoms with Crippen LogP contribution in [0.4, 0.5) is 0 Å². The molecule has 1 aliphatic rings. The van der Waals surface area contributed by atoms with Crippen molar-refractivity contribution in [1.82, 2.24) is 10.9 Å². The van der Waals surface area contributed by atoms with E-state index in [4.69, 9.17) is 23.2 Å². The van der Waals surface area contributed by atoms with Crippen molar-refractivity contribution in [3.05, 3.63) is 33.8 Å². The zero-order valence-electron chi connectivity index (χ0n) is 10.4. The van der Waals surface area contributed by atoms with Crippen molar-refractivity contribution in [3.63, 3.8) is 0 Å². The van der Waals surface area contributed by atoms with Gasteiger partial charge < -0.3 is 0 Å². The summed E-state index contributed by atoms with van der Waals surface area (Å²) < 4.78 is 0. The Morgan fingerprint density at radius 3 is 2.80 bits per heavy atom. The largest absolute Gasteiger partial charge is 0.272 e. The van der Waals surface area contributed by atoms with Crippen LogP contribution in [0, 0.1) is 5.92 Å². The molecule has 0 spiro atoms. The van der Waals surface area contributed by atoms with E-state index in [1.54, 1.807) is 25.1 Å². The number of hydrogen-bond donors (Lipinski definition) is 2. The lowest BCUT2D eigenvalue weighted by Gasteiger charge is -2.06. The number of nitrogens with one attached hydrogen (secondary N) is 2. The van der Waals surface area contributed by atoms with Crippen LogP contribution in [0.25, 0.3) is 0 Å². The Hall–Kier alpha value is -1.92. The lowest BCUT2D eigenvalue weighted by molar-refractivity contribution is -0.131. The number of nitrogens with zero attached hydrogens (tertiary/aromatic N) is 2. The summed E-state index contributed by atoms with van der Waals surface area (Å²) >= 11 is 11.8. The predicted octanol–water partition coefficient (Wildman–Crippen LogP) is 1.57. The van der Waals surface area contributed by atoms with Crippen molar-refractivity contribution in [3.8, 4) is 0 Å². The predicted molar refractivity (Wildman–Crippen MR) is 76.9 cm³/mol. The van der Waals surface area contributed by atoms with Gasteiger partial charge in [0.15, 0.2) is 5.92 Å². The number of rotatable bonds is 3. The van der Waals surface area contributed by atoms with Crippen LogP contribution < -0.4 is 10.9 Å². The Labute approximate surface area is 124 Å². The first-order chi connectivity index (χ1) is 9.49. The van der Waals surface area contributed by atoms with Gasteiger partial charge >= 0.3 is 0 Å². The third-order valence-electron chi connectivity index (χ3n) is 2.62. The van der Waals surface area contributed by atoms with Gasteiger partial charge in [0.05, 0.1) is 10.7 Å². The second kappa shape index (κ2) is 6.02. The number of amides is 2. The van der Waals surface area contributed by atoms with E-state index in [-0.39, 0.29) is 0 Å². The lowest BCUT2D eigenvalue weighted by Crippen LogP contribution is -2.34. The van der Waals surface area contributed by atoms with E-state index in [0.29, 0.717) is 21.3 Å². The molecule has 8 heteroatoms. The average molecular weight is 313 g/mol. The molecule has 2 amide bonds. The molecule has 2 rings (SSSR count). The maximum atomic E-state index is 11.7. The molecule has 0 aromatic heterocycles. The van der Waals surface area contributed by atoms with Crippen molar-refractivity contribution in [2.45, 2.75) is 6.92 Å². The number of carbonyl (C=O) groups is 2. The molecule has 2 N–H and O–H groups in total. The van der Waals surface area contributed by atoms with Crippen molar-refractivity contribution >= 4 is 46.9 Å². The third-order valence-corrected chi connectivity index (χ3v) is 3.17. The van der Waals surface area contributed by atoms with Crippen LogP contribution in [0.3, 0.4) is 0 Å². The highest BCUT2D eigenvalue weighted by molar-refractivity contribution is 6.37. The van der Waals surface area contributed by atoms with Gasteiger partial charge in [0.25, 0.3) is 11.8 Å². The Balaban J connectivity index is 2.09. The molecule has 1 atom stereocenters. The fourth-order valence-electron chi connectivity index (χ4n) is 1.55. The van der Waals surface area contributed by atoms with Gasteiger partial charge in [0.2, 0.25) is 0 Å². The highest BCUT2D eigenvalue weighted by Crippen LogP contribution is 2.21. The first-order valence-electron chi connectivity index (χ1n) is 5.61. The molecule has 0 radical (unpaired) electrons. The molecule has 1 aliphatic heterocycles. The summed E-state index contributed by atoms with van der Waals surface area (Å²) in [6.45, 7) is 1.68. The maximum absolute atomic E-state index is 11.7. The minimum atomic E-state index is -0.966. The van der Waals surface area contributed by atoms with Crippen LogP contribution in [-0.4, -0.2) is 23.7 Å². The third kappa shape index (κ3) is 3.15. The fourth-order valence-corrected chi connectivity index (χ4v) is 2.10. The van der Waals surface area contributed by atoms with Gasteiger partial charge in [-0.25, -0.2) is 10.9 Å². The Bertz CT molecular complexity index is 628. The van der Waals surface area contributed by atoms with Crippen LogP contribution >= 0.6 is 23.2 Å². The quantitative estimate of drug-likeness (QED) is 0.504. The second-order valence-electron chi connectivity index (χ2n) is 4.03. The van der Waals surface area contributed by atoms with Gasteiger partial charge in [0.1, 0.15) is 0 Å². The first-order valence-corrected chi connectivity index (χ1v) is 6.37. The topological polar surface area (TPSA) is 82.9 Å². The highest BCUT2D eigenvalue weighted by atomic mass is 35.5. The van der Waals surface area contributed by atoms with Gasteiger partial charge in [0, 0.05) is 16.8 Å². The van der Waals surface area contributed by atoms with Crippen LogP contribution in [0.1, 0.15) is 12.5 Å². The van der Waals surface area contributed by atoms with E-state index < -0.39 is 17.7 Å². The van der Waals surface area contributed by atoms with Crippen LogP contribution in [0.15, 0.2) is 28.4 Å². The van der Waals surface area contributed by atoms with Crippen LogP contribution in [0.5, 0.6) is 0 Å². The van der Waals surface area contributed by atoms with Crippen molar-refractivity contribution in [1.29, 1.82) is 0 Å². The summed E-state index contributed by atoms with van der Waals surface area (Å²) in [5, 5.41) is 8.35. The fraction of sp³-hybridized carbons (Fsp3) is 0.167. The van der Waals surface area contributed by atoms with E-state index in [9.17, 15) is 9.59 Å². The second-order valence-corrected chi connectivity index (χ2v) is 4.87. The Morgan fingerprint density at radius 1 is 1.45 bits per heavy atom. The molecule has 1 heterocycles. The summed E-state index contributed by atoms with van der Waals surface area (Å²) in [4.78, 5) is 22.9. The monoisotopic (exact) mass is 312 g/mol. The molecular weight excluding hydrogens is 303 g/mol. The standard InChI is InChI=1S/C12H10Cl2N4O2/c1-6(8-3-2-7(13)4-10(8)14)16-18-12(20)9-5-15-17-11(9)19/h2-5,9H,1H3,(H,17,19)(H,18,20)/b16-6-/t9-/m1/s1. The molecule has 0 aliphatic carbocycles. The van der Waals surface area contributed by atoms with E-state index in [1.165, 1.54) is 6.21 Å². The summed E-state index contributed by atoms with van der Waals surface area (Å²) in [6, 6.07) is 4.94. The molecule has 20 heavy (non-hydrogen) atoms. The van der Waals surface area contributed by atoms with Gasteiger partial charge in [-0.2, -0.15) is 10.2 Å². The number of carbonyl (C=O) groups excluding carboxylic acids is 2. The molecule has 0 bridgehead atoms. The molecule has 6 nitrogen and oxygen atoms in total. The molecule has 0 saturated carbocycles. The Morgan fingerprint density at radius 2 is 2.20 bits per heavy atom. The molecule has 0 unspecified atom stereocenters. The molecule has 1 aromatic carbocycles. The van der Waals surface area contributed by atoms with Gasteiger partial charge in [-0.15, -0.1) is 0 Å². The van der Waals surface area contributed by atoms with Gasteiger partial charge in [-0.3, -0.25) is 9.59 Å². The summed E-state index contributed by atoms with van der Waals surface area (Å²) in [5.41, 5.74) is 5.61. The van der Waals surface area contributed by atoms with E-state index in [1.807, 2.05) is 0 Å². The SMILES string of the molecule is C/C(=N/NC(=O)[C@@H]1C=NNC1=O)c1ccc(Cl)cc1Cl. The van der Waals surface area contributed by atoms with Crippen molar-refractivity contribution in [2.75, 3.05) is 0 Å². The minimum absolute atomic E-state index is 0.424. The number of hydrogen-bond acceptors (Lipinski definition) is 4.